The zero-order chi connectivity index (χ0) is 17.2. The van der Waals surface area contributed by atoms with Gasteiger partial charge in [-0.05, 0) is 42.7 Å². The van der Waals surface area contributed by atoms with Gasteiger partial charge in [0.05, 0.1) is 23.6 Å². The molecule has 1 aromatic carbocycles. The van der Waals surface area contributed by atoms with E-state index in [-0.39, 0.29) is 11.6 Å². The van der Waals surface area contributed by atoms with E-state index in [0.717, 1.165) is 24.2 Å². The third kappa shape index (κ3) is 2.92. The van der Waals surface area contributed by atoms with Crippen molar-refractivity contribution in [2.24, 2.45) is 0 Å². The number of benzene rings is 1. The van der Waals surface area contributed by atoms with Crippen molar-refractivity contribution >= 4 is 10.9 Å². The normalized spacial score (nSPS) is 15.6. The van der Waals surface area contributed by atoms with E-state index >= 15 is 0 Å². The summed E-state index contributed by atoms with van der Waals surface area (Å²) in [6.45, 7) is 0.535. The lowest BCUT2D eigenvalue weighted by Crippen LogP contribution is -2.26. The first-order valence-corrected chi connectivity index (χ1v) is 8.23. The third-order valence-corrected chi connectivity index (χ3v) is 4.40. The van der Waals surface area contributed by atoms with E-state index in [1.807, 2.05) is 36.4 Å². The van der Waals surface area contributed by atoms with E-state index in [1.165, 1.54) is 0 Å². The molecule has 0 N–H and O–H groups in total. The summed E-state index contributed by atoms with van der Waals surface area (Å²) in [5.74, 6) is 6.94. The summed E-state index contributed by atoms with van der Waals surface area (Å²) in [5.41, 5.74) is 2.24. The second kappa shape index (κ2) is 6.50. The molecule has 5 nitrogen and oxygen atoms in total. The van der Waals surface area contributed by atoms with Crippen molar-refractivity contribution in [3.8, 4) is 11.8 Å². The number of hydrogen-bond donors (Lipinski definition) is 0. The summed E-state index contributed by atoms with van der Waals surface area (Å²) in [6.07, 6.45) is 3.40. The van der Waals surface area contributed by atoms with Crippen LogP contribution in [0, 0.1) is 11.8 Å². The lowest BCUT2D eigenvalue weighted by Gasteiger charge is -2.13. The predicted molar refractivity (Wildman–Crippen MR) is 95.5 cm³/mol. The molecule has 5 heteroatoms. The first-order chi connectivity index (χ1) is 12.3. The van der Waals surface area contributed by atoms with Gasteiger partial charge in [-0.1, -0.05) is 12.0 Å². The molecule has 124 valence electrons. The van der Waals surface area contributed by atoms with E-state index < -0.39 is 0 Å². The summed E-state index contributed by atoms with van der Waals surface area (Å²) in [4.78, 5) is 21.7. The molecule has 3 heterocycles. The highest BCUT2D eigenvalue weighted by Crippen LogP contribution is 2.24. The van der Waals surface area contributed by atoms with Crippen LogP contribution >= 0.6 is 0 Å². The Morgan fingerprint density at radius 3 is 3.00 bits per heavy atom. The maximum atomic E-state index is 12.8. The van der Waals surface area contributed by atoms with Gasteiger partial charge in [0.25, 0.3) is 5.56 Å². The highest BCUT2D eigenvalue weighted by Gasteiger charge is 2.25. The Morgan fingerprint density at radius 2 is 2.20 bits per heavy atom. The summed E-state index contributed by atoms with van der Waals surface area (Å²) in [7, 11) is 1.66. The Morgan fingerprint density at radius 1 is 1.28 bits per heavy atom. The van der Waals surface area contributed by atoms with Crippen LogP contribution in [0.3, 0.4) is 0 Å². The number of hydrogen-bond acceptors (Lipinski definition) is 4. The molecule has 25 heavy (non-hydrogen) atoms. The van der Waals surface area contributed by atoms with Gasteiger partial charge in [-0.25, -0.2) is 9.97 Å². The molecule has 1 aliphatic rings. The zero-order valence-corrected chi connectivity index (χ0v) is 13.9. The van der Waals surface area contributed by atoms with E-state index in [2.05, 4.69) is 21.8 Å². The molecule has 1 aliphatic heterocycles. The Kier molecular flexibility index (Phi) is 4.04. The number of nitrogens with zero attached hydrogens (tertiary/aromatic N) is 3. The molecule has 3 aromatic rings. The van der Waals surface area contributed by atoms with Gasteiger partial charge in [0.1, 0.15) is 11.5 Å². The minimum Gasteiger partial charge on any atom is -0.383 e. The second-order valence-corrected chi connectivity index (χ2v) is 6.05. The average molecular weight is 331 g/mol. The SMILES string of the molecule is COCC1CCc2nc3cc(C#Cc4ccccn4)ccc3c(=O)n21. The van der Waals surface area contributed by atoms with Crippen molar-refractivity contribution < 1.29 is 4.74 Å². The van der Waals surface area contributed by atoms with E-state index in [4.69, 9.17) is 4.74 Å². The molecule has 2 aromatic heterocycles. The third-order valence-electron chi connectivity index (χ3n) is 4.40. The van der Waals surface area contributed by atoms with Crippen LogP contribution in [-0.2, 0) is 11.2 Å². The summed E-state index contributed by atoms with van der Waals surface area (Å²) in [6, 6.07) is 11.2. The molecule has 0 aliphatic carbocycles. The minimum atomic E-state index is 0.00350. The molecule has 0 amide bonds. The number of methoxy groups -OCH3 is 1. The van der Waals surface area contributed by atoms with Crippen molar-refractivity contribution in [1.82, 2.24) is 14.5 Å². The quantitative estimate of drug-likeness (QED) is 0.676. The molecule has 1 atom stereocenters. The van der Waals surface area contributed by atoms with Gasteiger partial charge in [-0.15, -0.1) is 0 Å². The topological polar surface area (TPSA) is 57.0 Å². The fourth-order valence-corrected chi connectivity index (χ4v) is 3.22. The highest BCUT2D eigenvalue weighted by atomic mass is 16.5. The largest absolute Gasteiger partial charge is 0.383 e. The van der Waals surface area contributed by atoms with Crippen molar-refractivity contribution in [3.05, 3.63) is 70.0 Å². The van der Waals surface area contributed by atoms with Gasteiger partial charge in [-0.2, -0.15) is 0 Å². The Hall–Kier alpha value is -2.97. The number of aryl methyl sites for hydroxylation is 1. The maximum absolute atomic E-state index is 12.8. The number of ether oxygens (including phenoxy) is 1. The molecule has 4 rings (SSSR count). The first-order valence-electron chi connectivity index (χ1n) is 8.23. The Labute approximate surface area is 145 Å². The van der Waals surface area contributed by atoms with Crippen molar-refractivity contribution in [2.45, 2.75) is 18.9 Å². The van der Waals surface area contributed by atoms with E-state index in [0.29, 0.717) is 23.2 Å². The first kappa shape index (κ1) is 15.6. The van der Waals surface area contributed by atoms with Gasteiger partial charge in [0, 0.05) is 25.3 Å². The van der Waals surface area contributed by atoms with Crippen molar-refractivity contribution in [3.63, 3.8) is 0 Å². The maximum Gasteiger partial charge on any atom is 0.261 e. The molecule has 0 spiro atoms. The molecular formula is C20H17N3O2. The zero-order valence-electron chi connectivity index (χ0n) is 13.9. The molecule has 1 unspecified atom stereocenters. The highest BCUT2D eigenvalue weighted by molar-refractivity contribution is 5.79. The number of aromatic nitrogens is 3. The predicted octanol–water partition coefficient (Wildman–Crippen LogP) is 2.33. The van der Waals surface area contributed by atoms with Gasteiger partial charge < -0.3 is 4.74 Å². The van der Waals surface area contributed by atoms with Gasteiger partial charge in [0.15, 0.2) is 0 Å². The molecule has 0 radical (unpaired) electrons. The van der Waals surface area contributed by atoms with E-state index in [1.54, 1.807) is 17.9 Å². The summed E-state index contributed by atoms with van der Waals surface area (Å²) < 4.78 is 7.01. The minimum absolute atomic E-state index is 0.00350. The van der Waals surface area contributed by atoms with Gasteiger partial charge in [-0.3, -0.25) is 9.36 Å². The monoisotopic (exact) mass is 331 g/mol. The lowest BCUT2D eigenvalue weighted by molar-refractivity contribution is 0.157. The van der Waals surface area contributed by atoms with Crippen molar-refractivity contribution in [1.29, 1.82) is 0 Å². The van der Waals surface area contributed by atoms with Crippen LogP contribution in [0.1, 0.15) is 29.5 Å². The van der Waals surface area contributed by atoms with E-state index in [9.17, 15) is 4.79 Å². The fourth-order valence-electron chi connectivity index (χ4n) is 3.22. The molecule has 0 fully saturated rings. The molecule has 0 saturated carbocycles. The fraction of sp³-hybridized carbons (Fsp3) is 0.250. The molecular weight excluding hydrogens is 314 g/mol. The second-order valence-electron chi connectivity index (χ2n) is 6.05. The number of rotatable bonds is 2. The van der Waals surface area contributed by atoms with Crippen LogP contribution in [-0.4, -0.2) is 28.3 Å². The Bertz CT molecular complexity index is 1050. The average Bonchev–Trinajstić information content (AvgIpc) is 3.04. The number of pyridine rings is 1. The van der Waals surface area contributed by atoms with Crippen LogP contribution in [0.4, 0.5) is 0 Å². The van der Waals surface area contributed by atoms with Crippen LogP contribution in [0.25, 0.3) is 10.9 Å². The van der Waals surface area contributed by atoms with Crippen molar-refractivity contribution in [2.75, 3.05) is 13.7 Å². The van der Waals surface area contributed by atoms with Crippen LogP contribution in [0.15, 0.2) is 47.4 Å². The smallest absolute Gasteiger partial charge is 0.261 e. The number of fused-ring (bicyclic) bond motifs is 2. The lowest BCUT2D eigenvalue weighted by atomic mass is 10.1. The molecule has 0 saturated heterocycles. The van der Waals surface area contributed by atoms with Gasteiger partial charge >= 0.3 is 0 Å². The van der Waals surface area contributed by atoms with Crippen LogP contribution in [0.5, 0.6) is 0 Å². The standard InChI is InChI=1S/C20H17N3O2/c1-25-13-16-8-10-19-22-18-12-14(5-7-15-4-2-3-11-21-15)6-9-17(18)20(24)23(16)19/h2-4,6,9,11-12,16H,8,10,13H2,1H3. The van der Waals surface area contributed by atoms with Crippen LogP contribution in [0.2, 0.25) is 0 Å². The summed E-state index contributed by atoms with van der Waals surface area (Å²) in [5, 5.41) is 0.620. The molecule has 0 bridgehead atoms. The van der Waals surface area contributed by atoms with Crippen LogP contribution < -0.4 is 5.56 Å². The Balaban J connectivity index is 1.76. The van der Waals surface area contributed by atoms with Gasteiger partial charge in [0.2, 0.25) is 0 Å². The summed E-state index contributed by atoms with van der Waals surface area (Å²) >= 11 is 0.